The van der Waals surface area contributed by atoms with Gasteiger partial charge in [0.05, 0.1) is 18.2 Å². The molecule has 0 bridgehead atoms. The Hall–Kier alpha value is -3.65. The SMILES string of the molecule is O=C1C(=O)N(Cc2cccs2)C(c2ccncc2)/C1=C(/O)c1ccc2c(c1)OCO2. The van der Waals surface area contributed by atoms with E-state index in [1.807, 2.05) is 17.5 Å². The number of ether oxygens (including phenoxy) is 2. The number of aromatic nitrogens is 1. The Bertz CT molecular complexity index is 1160. The predicted molar refractivity (Wildman–Crippen MR) is 109 cm³/mol. The number of aliphatic hydroxyl groups excluding tert-OH is 1. The Morgan fingerprint density at radius 3 is 2.70 bits per heavy atom. The van der Waals surface area contributed by atoms with Crippen molar-refractivity contribution in [1.82, 2.24) is 9.88 Å². The molecule has 1 N–H and O–H groups in total. The van der Waals surface area contributed by atoms with Gasteiger partial charge in [-0.1, -0.05) is 6.07 Å². The van der Waals surface area contributed by atoms with Gasteiger partial charge in [0.15, 0.2) is 11.5 Å². The van der Waals surface area contributed by atoms with Gasteiger partial charge in [0, 0.05) is 22.8 Å². The van der Waals surface area contributed by atoms with Gasteiger partial charge in [0.2, 0.25) is 6.79 Å². The third-order valence-electron chi connectivity index (χ3n) is 5.11. The first-order valence-corrected chi connectivity index (χ1v) is 10.1. The molecule has 150 valence electrons. The minimum absolute atomic E-state index is 0.0432. The topological polar surface area (TPSA) is 89.0 Å². The monoisotopic (exact) mass is 420 g/mol. The van der Waals surface area contributed by atoms with Crippen LogP contribution in [-0.2, 0) is 16.1 Å². The maximum absolute atomic E-state index is 13.0. The summed E-state index contributed by atoms with van der Waals surface area (Å²) in [7, 11) is 0. The summed E-state index contributed by atoms with van der Waals surface area (Å²) < 4.78 is 10.7. The van der Waals surface area contributed by atoms with Crippen LogP contribution in [0.25, 0.3) is 5.76 Å². The van der Waals surface area contributed by atoms with Crippen molar-refractivity contribution < 1.29 is 24.2 Å². The molecule has 2 aliphatic heterocycles. The van der Waals surface area contributed by atoms with Crippen molar-refractivity contribution in [2.75, 3.05) is 6.79 Å². The van der Waals surface area contributed by atoms with Crippen LogP contribution in [-0.4, -0.2) is 33.5 Å². The number of benzene rings is 1. The van der Waals surface area contributed by atoms with Crippen LogP contribution in [0, 0.1) is 0 Å². The maximum atomic E-state index is 13.0. The van der Waals surface area contributed by atoms with Crippen LogP contribution in [0.15, 0.2) is 65.8 Å². The van der Waals surface area contributed by atoms with Crippen molar-refractivity contribution in [2.24, 2.45) is 0 Å². The van der Waals surface area contributed by atoms with Gasteiger partial charge in [-0.05, 0) is 47.3 Å². The second kappa shape index (κ2) is 7.31. The number of nitrogens with zero attached hydrogens (tertiary/aromatic N) is 2. The summed E-state index contributed by atoms with van der Waals surface area (Å²) in [5.41, 5.74) is 1.12. The standard InChI is InChI=1S/C22H16N2O5S/c25-20(14-3-4-16-17(10-14)29-12-28-16)18-19(13-5-7-23-8-6-13)24(22(27)21(18)26)11-15-2-1-9-30-15/h1-10,19,25H,11-12H2/b20-18-. The number of aliphatic hydroxyl groups is 1. The lowest BCUT2D eigenvalue weighted by molar-refractivity contribution is -0.140. The van der Waals surface area contributed by atoms with Gasteiger partial charge in [-0.2, -0.15) is 0 Å². The van der Waals surface area contributed by atoms with Gasteiger partial charge in [0.25, 0.3) is 11.7 Å². The number of fused-ring (bicyclic) bond motifs is 1. The van der Waals surface area contributed by atoms with Crippen molar-refractivity contribution in [3.8, 4) is 11.5 Å². The molecule has 0 aliphatic carbocycles. The van der Waals surface area contributed by atoms with Crippen LogP contribution in [0.2, 0.25) is 0 Å². The zero-order valence-electron chi connectivity index (χ0n) is 15.6. The van der Waals surface area contributed by atoms with Gasteiger partial charge in [0.1, 0.15) is 5.76 Å². The number of Topliss-reactive ketones (excluding diaryl/α,β-unsaturated/α-hetero) is 1. The van der Waals surface area contributed by atoms with E-state index >= 15 is 0 Å². The summed E-state index contributed by atoms with van der Waals surface area (Å²) >= 11 is 1.50. The molecule has 8 heteroatoms. The van der Waals surface area contributed by atoms with E-state index in [9.17, 15) is 14.7 Å². The third kappa shape index (κ3) is 3.02. The predicted octanol–water partition coefficient (Wildman–Crippen LogP) is 3.49. The fourth-order valence-corrected chi connectivity index (χ4v) is 4.41. The molecular formula is C22H16N2O5S. The van der Waals surface area contributed by atoms with E-state index in [1.165, 1.54) is 16.2 Å². The van der Waals surface area contributed by atoms with Crippen molar-refractivity contribution in [3.05, 3.63) is 81.8 Å². The molecule has 1 amide bonds. The molecule has 4 heterocycles. The largest absolute Gasteiger partial charge is 0.507 e. The van der Waals surface area contributed by atoms with E-state index in [0.29, 0.717) is 22.6 Å². The first-order valence-electron chi connectivity index (χ1n) is 9.24. The zero-order chi connectivity index (χ0) is 20.7. The van der Waals surface area contributed by atoms with Gasteiger partial charge in [-0.25, -0.2) is 0 Å². The highest BCUT2D eigenvalue weighted by Crippen LogP contribution is 2.42. The van der Waals surface area contributed by atoms with E-state index in [0.717, 1.165) is 4.88 Å². The van der Waals surface area contributed by atoms with Crippen LogP contribution >= 0.6 is 11.3 Å². The molecule has 7 nitrogen and oxygen atoms in total. The van der Waals surface area contributed by atoms with E-state index in [4.69, 9.17) is 9.47 Å². The molecule has 2 aliphatic rings. The number of pyridine rings is 1. The minimum Gasteiger partial charge on any atom is -0.507 e. The molecule has 1 unspecified atom stereocenters. The van der Waals surface area contributed by atoms with Gasteiger partial charge in [-0.3, -0.25) is 14.6 Å². The molecule has 1 aromatic carbocycles. The average molecular weight is 420 g/mol. The van der Waals surface area contributed by atoms with Crippen LogP contribution < -0.4 is 9.47 Å². The maximum Gasteiger partial charge on any atom is 0.295 e. The van der Waals surface area contributed by atoms with Crippen molar-refractivity contribution >= 4 is 28.8 Å². The number of amides is 1. The molecular weight excluding hydrogens is 404 g/mol. The number of likely N-dealkylation sites (tertiary alicyclic amines) is 1. The number of hydrogen-bond acceptors (Lipinski definition) is 7. The van der Waals surface area contributed by atoms with Crippen LogP contribution in [0.3, 0.4) is 0 Å². The third-order valence-corrected chi connectivity index (χ3v) is 5.98. The molecule has 1 saturated heterocycles. The molecule has 5 rings (SSSR count). The fourth-order valence-electron chi connectivity index (χ4n) is 3.71. The first-order chi connectivity index (χ1) is 14.6. The highest BCUT2D eigenvalue weighted by atomic mass is 32.1. The molecule has 0 saturated carbocycles. The molecule has 1 fully saturated rings. The molecule has 1 atom stereocenters. The summed E-state index contributed by atoms with van der Waals surface area (Å²) in [4.78, 5) is 32.4. The Morgan fingerprint density at radius 1 is 1.13 bits per heavy atom. The molecule has 30 heavy (non-hydrogen) atoms. The van der Waals surface area contributed by atoms with Crippen molar-refractivity contribution in [3.63, 3.8) is 0 Å². The summed E-state index contributed by atoms with van der Waals surface area (Å²) in [5, 5.41) is 13.0. The van der Waals surface area contributed by atoms with Gasteiger partial charge < -0.3 is 19.5 Å². The van der Waals surface area contributed by atoms with E-state index in [2.05, 4.69) is 4.98 Å². The van der Waals surface area contributed by atoms with Gasteiger partial charge >= 0.3 is 0 Å². The summed E-state index contributed by atoms with van der Waals surface area (Å²) in [6.07, 6.45) is 3.20. The lowest BCUT2D eigenvalue weighted by atomic mass is 9.96. The zero-order valence-corrected chi connectivity index (χ0v) is 16.5. The molecule has 0 spiro atoms. The van der Waals surface area contributed by atoms with E-state index < -0.39 is 17.7 Å². The minimum atomic E-state index is -0.722. The quantitative estimate of drug-likeness (QED) is 0.395. The number of carbonyl (C=O) groups is 2. The summed E-state index contributed by atoms with van der Waals surface area (Å²) in [6, 6.07) is 11.5. The average Bonchev–Trinajstić information content (AvgIpc) is 3.50. The van der Waals surface area contributed by atoms with Crippen molar-refractivity contribution in [1.29, 1.82) is 0 Å². The Morgan fingerprint density at radius 2 is 1.93 bits per heavy atom. The highest BCUT2D eigenvalue weighted by molar-refractivity contribution is 7.09. The number of carbonyl (C=O) groups excluding carboxylic acids is 2. The Labute approximate surface area is 175 Å². The second-order valence-electron chi connectivity index (χ2n) is 6.85. The fraction of sp³-hybridized carbons (Fsp3) is 0.136. The number of thiophene rings is 1. The van der Waals surface area contributed by atoms with Crippen LogP contribution in [0.1, 0.15) is 22.0 Å². The first kappa shape index (κ1) is 18.4. The lowest BCUT2D eigenvalue weighted by Crippen LogP contribution is -2.28. The van der Waals surface area contributed by atoms with Crippen LogP contribution in [0.5, 0.6) is 11.5 Å². The molecule has 3 aromatic rings. The van der Waals surface area contributed by atoms with E-state index in [1.54, 1.807) is 42.7 Å². The molecule has 0 radical (unpaired) electrons. The normalized spacial score (nSPS) is 19.5. The smallest absolute Gasteiger partial charge is 0.295 e. The second-order valence-corrected chi connectivity index (χ2v) is 7.89. The number of hydrogen-bond donors (Lipinski definition) is 1. The van der Waals surface area contributed by atoms with Gasteiger partial charge in [-0.15, -0.1) is 11.3 Å². The summed E-state index contributed by atoms with van der Waals surface area (Å²) in [6.45, 7) is 0.370. The number of rotatable bonds is 4. The Kier molecular flexibility index (Phi) is 4.48. The number of ketones is 1. The Balaban J connectivity index is 1.64. The molecule has 2 aromatic heterocycles. The van der Waals surface area contributed by atoms with Crippen LogP contribution in [0.4, 0.5) is 0 Å². The lowest BCUT2D eigenvalue weighted by Gasteiger charge is -2.24. The highest BCUT2D eigenvalue weighted by Gasteiger charge is 2.46. The van der Waals surface area contributed by atoms with E-state index in [-0.39, 0.29) is 24.7 Å². The summed E-state index contributed by atoms with van der Waals surface area (Å²) in [5.74, 6) is -0.569. The van der Waals surface area contributed by atoms with Crippen molar-refractivity contribution in [2.45, 2.75) is 12.6 Å².